The fourth-order valence-electron chi connectivity index (χ4n) is 3.66. The van der Waals surface area contributed by atoms with E-state index >= 15 is 0 Å². The highest BCUT2D eigenvalue weighted by molar-refractivity contribution is 5.73. The molecule has 0 bridgehead atoms. The van der Waals surface area contributed by atoms with Crippen molar-refractivity contribution in [3.63, 3.8) is 0 Å². The number of likely N-dealkylation sites (tertiary alicyclic amines) is 1. The van der Waals surface area contributed by atoms with Gasteiger partial charge in [0.15, 0.2) is 0 Å². The van der Waals surface area contributed by atoms with Gasteiger partial charge in [-0.1, -0.05) is 6.07 Å². The van der Waals surface area contributed by atoms with Crippen LogP contribution in [0.3, 0.4) is 0 Å². The summed E-state index contributed by atoms with van der Waals surface area (Å²) in [5.41, 5.74) is 1.65. The summed E-state index contributed by atoms with van der Waals surface area (Å²) in [4.78, 5) is 16.2. The normalized spacial score (nSPS) is 24.1. The number of ether oxygens (including phenoxy) is 2. The predicted octanol–water partition coefficient (Wildman–Crippen LogP) is 1.39. The zero-order valence-corrected chi connectivity index (χ0v) is 14.2. The average Bonchev–Trinajstić information content (AvgIpc) is 2.60. The van der Waals surface area contributed by atoms with E-state index in [0.29, 0.717) is 24.5 Å². The van der Waals surface area contributed by atoms with Crippen molar-refractivity contribution in [3.8, 4) is 11.8 Å². The van der Waals surface area contributed by atoms with Crippen LogP contribution in [0.4, 0.5) is 0 Å². The molecule has 2 saturated heterocycles. The summed E-state index contributed by atoms with van der Waals surface area (Å²) >= 11 is 0. The third-order valence-corrected chi connectivity index (χ3v) is 4.87. The average molecular weight is 329 g/mol. The lowest BCUT2D eigenvalue weighted by Crippen LogP contribution is -2.60. The topological polar surface area (TPSA) is 65.8 Å². The third kappa shape index (κ3) is 3.37. The number of benzene rings is 1. The van der Waals surface area contributed by atoms with Gasteiger partial charge < -0.3 is 14.4 Å². The maximum absolute atomic E-state index is 11.9. The van der Waals surface area contributed by atoms with Gasteiger partial charge in [0.25, 0.3) is 0 Å². The summed E-state index contributed by atoms with van der Waals surface area (Å²) in [7, 11) is 1.58. The molecule has 0 aliphatic carbocycles. The fourth-order valence-corrected chi connectivity index (χ4v) is 3.66. The number of nitrogens with zero attached hydrogens (tertiary/aromatic N) is 3. The van der Waals surface area contributed by atoms with Gasteiger partial charge in [-0.3, -0.25) is 9.69 Å². The summed E-state index contributed by atoms with van der Waals surface area (Å²) < 4.78 is 11.1. The maximum Gasteiger partial charge on any atom is 0.219 e. The van der Waals surface area contributed by atoms with E-state index in [9.17, 15) is 4.79 Å². The van der Waals surface area contributed by atoms with Crippen molar-refractivity contribution in [1.82, 2.24) is 9.80 Å². The smallest absolute Gasteiger partial charge is 0.219 e. The van der Waals surface area contributed by atoms with Gasteiger partial charge in [0.1, 0.15) is 11.8 Å². The molecular formula is C18H23N3O3. The molecule has 6 heteroatoms. The number of amides is 1. The van der Waals surface area contributed by atoms with Crippen molar-refractivity contribution >= 4 is 5.91 Å². The molecule has 2 unspecified atom stereocenters. The van der Waals surface area contributed by atoms with Gasteiger partial charge in [-0.2, -0.15) is 5.26 Å². The van der Waals surface area contributed by atoms with E-state index in [1.807, 2.05) is 17.0 Å². The summed E-state index contributed by atoms with van der Waals surface area (Å²) in [5, 5.41) is 9.08. The summed E-state index contributed by atoms with van der Waals surface area (Å²) in [6.07, 6.45) is 1.08. The molecule has 2 aliphatic heterocycles. The van der Waals surface area contributed by atoms with Crippen LogP contribution in [0.2, 0.25) is 0 Å². The standard InChI is InChI=1S/C18H23N3O3/c1-13(22)21-7-8-24-17-5-6-20(12-16(17)21)11-14-3-4-15(10-19)18(9-14)23-2/h3-4,9,16-17H,5-8,11-12H2,1-2H3. The first-order chi connectivity index (χ1) is 11.6. The fraction of sp³-hybridized carbons (Fsp3) is 0.556. The molecule has 3 rings (SSSR count). The molecule has 128 valence electrons. The van der Waals surface area contributed by atoms with Crippen LogP contribution >= 0.6 is 0 Å². The molecule has 0 saturated carbocycles. The Balaban J connectivity index is 1.70. The van der Waals surface area contributed by atoms with Gasteiger partial charge in [-0.25, -0.2) is 0 Å². The first-order valence-electron chi connectivity index (χ1n) is 8.30. The molecule has 2 aliphatic rings. The van der Waals surface area contributed by atoms with E-state index in [-0.39, 0.29) is 18.1 Å². The largest absolute Gasteiger partial charge is 0.495 e. The molecule has 0 N–H and O–H groups in total. The van der Waals surface area contributed by atoms with Gasteiger partial charge in [0, 0.05) is 33.1 Å². The molecule has 1 aromatic carbocycles. The number of fused-ring (bicyclic) bond motifs is 1. The monoisotopic (exact) mass is 329 g/mol. The second-order valence-corrected chi connectivity index (χ2v) is 6.36. The van der Waals surface area contributed by atoms with Crippen LogP contribution in [0.15, 0.2) is 18.2 Å². The Morgan fingerprint density at radius 3 is 3.00 bits per heavy atom. The number of methoxy groups -OCH3 is 1. The number of carbonyl (C=O) groups is 1. The van der Waals surface area contributed by atoms with E-state index in [1.54, 1.807) is 20.1 Å². The Bertz CT molecular complexity index is 655. The highest BCUT2D eigenvalue weighted by atomic mass is 16.5. The van der Waals surface area contributed by atoms with Crippen molar-refractivity contribution in [2.45, 2.75) is 32.0 Å². The number of morpholine rings is 1. The first-order valence-corrected chi connectivity index (χ1v) is 8.30. The minimum absolute atomic E-state index is 0.121. The molecule has 2 fully saturated rings. The van der Waals surface area contributed by atoms with E-state index < -0.39 is 0 Å². The third-order valence-electron chi connectivity index (χ3n) is 4.87. The molecule has 1 aromatic rings. The van der Waals surface area contributed by atoms with E-state index in [4.69, 9.17) is 14.7 Å². The molecule has 6 nitrogen and oxygen atoms in total. The van der Waals surface area contributed by atoms with Crippen molar-refractivity contribution in [2.24, 2.45) is 0 Å². The zero-order valence-electron chi connectivity index (χ0n) is 14.2. The number of piperidine rings is 1. The molecule has 2 atom stereocenters. The molecule has 24 heavy (non-hydrogen) atoms. The van der Waals surface area contributed by atoms with Crippen LogP contribution in [0.1, 0.15) is 24.5 Å². The van der Waals surface area contributed by atoms with E-state index in [2.05, 4.69) is 11.0 Å². The van der Waals surface area contributed by atoms with Crippen molar-refractivity contribution in [2.75, 3.05) is 33.4 Å². The number of carbonyl (C=O) groups excluding carboxylic acids is 1. The van der Waals surface area contributed by atoms with Gasteiger partial charge in [0.2, 0.25) is 5.91 Å². The lowest BCUT2D eigenvalue weighted by molar-refractivity contribution is -0.150. The van der Waals surface area contributed by atoms with Crippen molar-refractivity contribution in [1.29, 1.82) is 5.26 Å². The summed E-state index contributed by atoms with van der Waals surface area (Å²) in [5.74, 6) is 0.728. The Kier molecular flexibility index (Phi) is 5.03. The van der Waals surface area contributed by atoms with E-state index in [0.717, 1.165) is 31.6 Å². The Morgan fingerprint density at radius 1 is 1.46 bits per heavy atom. The molecule has 0 radical (unpaired) electrons. The lowest BCUT2D eigenvalue weighted by atomic mass is 9.98. The Hall–Kier alpha value is -2.10. The summed E-state index contributed by atoms with van der Waals surface area (Å²) in [6.45, 7) is 5.47. The number of hydrogen-bond donors (Lipinski definition) is 0. The van der Waals surface area contributed by atoms with Gasteiger partial charge in [0.05, 0.1) is 31.4 Å². The second kappa shape index (κ2) is 7.20. The van der Waals surface area contributed by atoms with Crippen molar-refractivity contribution < 1.29 is 14.3 Å². The second-order valence-electron chi connectivity index (χ2n) is 6.36. The van der Waals surface area contributed by atoms with Gasteiger partial charge >= 0.3 is 0 Å². The molecule has 0 spiro atoms. The molecule has 1 amide bonds. The van der Waals surface area contributed by atoms with E-state index in [1.165, 1.54) is 0 Å². The van der Waals surface area contributed by atoms with Gasteiger partial charge in [-0.15, -0.1) is 0 Å². The maximum atomic E-state index is 11.9. The first kappa shape index (κ1) is 16.7. The number of hydrogen-bond acceptors (Lipinski definition) is 5. The molecule has 2 heterocycles. The van der Waals surface area contributed by atoms with Crippen LogP contribution in [0.25, 0.3) is 0 Å². The minimum Gasteiger partial charge on any atom is -0.495 e. The zero-order chi connectivity index (χ0) is 17.1. The van der Waals surface area contributed by atoms with Gasteiger partial charge in [-0.05, 0) is 24.1 Å². The van der Waals surface area contributed by atoms with Crippen LogP contribution < -0.4 is 4.74 Å². The molecule has 0 aromatic heterocycles. The minimum atomic E-state index is 0.121. The highest BCUT2D eigenvalue weighted by Gasteiger charge is 2.38. The Labute approximate surface area is 142 Å². The number of rotatable bonds is 3. The quantitative estimate of drug-likeness (QED) is 0.838. The molecular weight excluding hydrogens is 306 g/mol. The van der Waals surface area contributed by atoms with Crippen LogP contribution in [-0.4, -0.2) is 61.2 Å². The van der Waals surface area contributed by atoms with Crippen LogP contribution in [0.5, 0.6) is 5.75 Å². The SMILES string of the molecule is COc1cc(CN2CCC3OCCN(C(C)=O)C3C2)ccc1C#N. The highest BCUT2D eigenvalue weighted by Crippen LogP contribution is 2.26. The van der Waals surface area contributed by atoms with Crippen LogP contribution in [-0.2, 0) is 16.1 Å². The predicted molar refractivity (Wildman–Crippen MR) is 88.5 cm³/mol. The lowest BCUT2D eigenvalue weighted by Gasteiger charge is -2.46. The summed E-state index contributed by atoms with van der Waals surface area (Å²) in [6, 6.07) is 7.95. The van der Waals surface area contributed by atoms with Crippen molar-refractivity contribution in [3.05, 3.63) is 29.3 Å². The Morgan fingerprint density at radius 2 is 2.29 bits per heavy atom. The number of nitriles is 1. The van der Waals surface area contributed by atoms with Crippen LogP contribution in [0, 0.1) is 11.3 Å².